The SMILES string of the molecule is Cc1ccc2c(c1)c1c3n2CCC[NH+](Cc2ccc4ccccc4c2)[C@@H]3CCC1. The first-order valence-electron chi connectivity index (χ1n) is 11.2. The quantitative estimate of drug-likeness (QED) is 0.502. The number of hydrogen-bond donors (Lipinski definition) is 1. The number of nitrogens with one attached hydrogen (secondary N) is 1. The van der Waals surface area contributed by atoms with Gasteiger partial charge in [0.05, 0.1) is 12.2 Å². The van der Waals surface area contributed by atoms with Gasteiger partial charge in [0.25, 0.3) is 0 Å². The Labute approximate surface area is 172 Å². The van der Waals surface area contributed by atoms with Gasteiger partial charge in [0.1, 0.15) is 12.6 Å². The highest BCUT2D eigenvalue weighted by molar-refractivity contribution is 5.87. The topological polar surface area (TPSA) is 9.37 Å². The second-order valence-corrected chi connectivity index (χ2v) is 9.10. The zero-order valence-corrected chi connectivity index (χ0v) is 17.2. The van der Waals surface area contributed by atoms with Crippen LogP contribution < -0.4 is 4.90 Å². The van der Waals surface area contributed by atoms with E-state index in [2.05, 4.69) is 72.2 Å². The molecule has 1 aliphatic heterocycles. The standard InChI is InChI=1S/C27H28N2/c1-19-10-13-25-24(16-19)23-8-4-9-26-27(23)29(25)15-5-14-28(26)18-20-11-12-21-6-2-3-7-22(21)17-20/h2-3,6-7,10-13,16-17,26H,4-5,8-9,14-15,18H2,1H3/p+1/t26-/m1/s1. The van der Waals surface area contributed by atoms with Gasteiger partial charge < -0.3 is 9.47 Å². The fraction of sp³-hybridized carbons (Fsp3) is 0.333. The molecule has 0 radical (unpaired) electrons. The van der Waals surface area contributed by atoms with E-state index in [1.807, 2.05) is 0 Å². The normalized spacial score (nSPS) is 21.3. The number of hydrogen-bond acceptors (Lipinski definition) is 0. The summed E-state index contributed by atoms with van der Waals surface area (Å²) < 4.78 is 2.68. The molecule has 0 amide bonds. The van der Waals surface area contributed by atoms with Gasteiger partial charge in [-0.15, -0.1) is 0 Å². The lowest BCUT2D eigenvalue weighted by atomic mass is 9.90. The van der Waals surface area contributed by atoms with E-state index < -0.39 is 0 Å². The molecule has 2 heteroatoms. The van der Waals surface area contributed by atoms with Crippen LogP contribution in [0.1, 0.15) is 47.7 Å². The van der Waals surface area contributed by atoms with E-state index in [0.29, 0.717) is 6.04 Å². The number of benzene rings is 3. The molecule has 0 bridgehead atoms. The molecule has 4 aromatic rings. The van der Waals surface area contributed by atoms with E-state index in [1.165, 1.54) is 71.6 Å². The van der Waals surface area contributed by atoms with Crippen molar-refractivity contribution < 1.29 is 4.90 Å². The Morgan fingerprint density at radius 2 is 1.86 bits per heavy atom. The van der Waals surface area contributed by atoms with Crippen LogP contribution in [0.4, 0.5) is 0 Å². The maximum atomic E-state index is 2.68. The second-order valence-electron chi connectivity index (χ2n) is 9.10. The van der Waals surface area contributed by atoms with Gasteiger partial charge in [0, 0.05) is 35.9 Å². The summed E-state index contributed by atoms with van der Waals surface area (Å²) in [6, 6.07) is 23.5. The van der Waals surface area contributed by atoms with E-state index in [9.17, 15) is 0 Å². The first-order valence-corrected chi connectivity index (χ1v) is 11.2. The fourth-order valence-corrected chi connectivity index (χ4v) is 5.94. The number of rotatable bonds is 2. The van der Waals surface area contributed by atoms with Crippen LogP contribution in [-0.4, -0.2) is 11.1 Å². The minimum atomic E-state index is 0.639. The number of fused-ring (bicyclic) bond motifs is 4. The van der Waals surface area contributed by atoms with Gasteiger partial charge in [0.15, 0.2) is 0 Å². The predicted molar refractivity (Wildman–Crippen MR) is 120 cm³/mol. The number of aryl methyl sites for hydroxylation is 3. The third kappa shape index (κ3) is 2.81. The summed E-state index contributed by atoms with van der Waals surface area (Å²) in [5.41, 5.74) is 7.64. The van der Waals surface area contributed by atoms with Gasteiger partial charge >= 0.3 is 0 Å². The first-order chi connectivity index (χ1) is 14.3. The van der Waals surface area contributed by atoms with Crippen LogP contribution in [0.15, 0.2) is 60.7 Å². The Morgan fingerprint density at radius 3 is 2.79 bits per heavy atom. The molecule has 0 saturated heterocycles. The Bertz CT molecular complexity index is 1210. The Kier molecular flexibility index (Phi) is 4.02. The maximum absolute atomic E-state index is 2.68. The molecule has 0 spiro atoms. The zero-order chi connectivity index (χ0) is 19.4. The smallest absolute Gasteiger partial charge is 0.129 e. The number of nitrogens with zero attached hydrogens (tertiary/aromatic N) is 1. The van der Waals surface area contributed by atoms with Crippen molar-refractivity contribution in [2.75, 3.05) is 6.54 Å². The van der Waals surface area contributed by atoms with Gasteiger partial charge in [-0.1, -0.05) is 48.0 Å². The van der Waals surface area contributed by atoms with Crippen LogP contribution in [0.2, 0.25) is 0 Å². The van der Waals surface area contributed by atoms with Crippen molar-refractivity contribution in [1.29, 1.82) is 0 Å². The largest absolute Gasteiger partial charge is 0.339 e. The summed E-state index contributed by atoms with van der Waals surface area (Å²) in [4.78, 5) is 1.76. The minimum Gasteiger partial charge on any atom is -0.339 e. The predicted octanol–water partition coefficient (Wildman–Crippen LogP) is 4.97. The van der Waals surface area contributed by atoms with Crippen molar-refractivity contribution in [3.05, 3.63) is 83.0 Å². The Balaban J connectivity index is 1.42. The molecule has 1 unspecified atom stereocenters. The Hall–Kier alpha value is -2.58. The van der Waals surface area contributed by atoms with E-state index in [1.54, 1.807) is 16.2 Å². The summed E-state index contributed by atoms with van der Waals surface area (Å²) in [5.74, 6) is 0. The van der Waals surface area contributed by atoms with E-state index in [0.717, 1.165) is 6.54 Å². The summed E-state index contributed by atoms with van der Waals surface area (Å²) in [6.07, 6.45) is 5.17. The van der Waals surface area contributed by atoms with Crippen LogP contribution in [-0.2, 0) is 19.5 Å². The third-order valence-electron chi connectivity index (χ3n) is 7.24. The lowest BCUT2D eigenvalue weighted by Gasteiger charge is -2.31. The molecule has 2 atom stereocenters. The van der Waals surface area contributed by atoms with Crippen LogP contribution in [0.25, 0.3) is 21.7 Å². The highest BCUT2D eigenvalue weighted by Gasteiger charge is 2.36. The average molecular weight is 382 g/mol. The lowest BCUT2D eigenvalue weighted by molar-refractivity contribution is -0.945. The van der Waals surface area contributed by atoms with Gasteiger partial charge in [0.2, 0.25) is 0 Å². The van der Waals surface area contributed by atoms with Crippen LogP contribution in [0.5, 0.6) is 0 Å². The molecule has 6 rings (SSSR count). The van der Waals surface area contributed by atoms with Gasteiger partial charge in [-0.3, -0.25) is 0 Å². The van der Waals surface area contributed by atoms with Gasteiger partial charge in [-0.25, -0.2) is 0 Å². The van der Waals surface area contributed by atoms with Crippen molar-refractivity contribution in [3.63, 3.8) is 0 Å². The molecule has 29 heavy (non-hydrogen) atoms. The minimum absolute atomic E-state index is 0.639. The first kappa shape index (κ1) is 17.3. The van der Waals surface area contributed by atoms with Crippen molar-refractivity contribution in [3.8, 4) is 0 Å². The third-order valence-corrected chi connectivity index (χ3v) is 7.24. The lowest BCUT2D eigenvalue weighted by Crippen LogP contribution is -3.11. The second kappa shape index (κ2) is 6.74. The number of quaternary nitrogens is 1. The Morgan fingerprint density at radius 1 is 0.966 bits per heavy atom. The molecule has 2 nitrogen and oxygen atoms in total. The van der Waals surface area contributed by atoms with E-state index in [-0.39, 0.29) is 0 Å². The zero-order valence-electron chi connectivity index (χ0n) is 17.2. The highest BCUT2D eigenvalue weighted by Crippen LogP contribution is 2.37. The van der Waals surface area contributed by atoms with Crippen molar-refractivity contribution in [1.82, 2.24) is 4.57 Å². The van der Waals surface area contributed by atoms with E-state index in [4.69, 9.17) is 0 Å². The van der Waals surface area contributed by atoms with Crippen LogP contribution in [0.3, 0.4) is 0 Å². The molecule has 2 heterocycles. The molecule has 1 aliphatic carbocycles. The van der Waals surface area contributed by atoms with Crippen molar-refractivity contribution >= 4 is 21.7 Å². The van der Waals surface area contributed by atoms with Crippen LogP contribution in [0, 0.1) is 6.92 Å². The molecule has 0 saturated carbocycles. The molecule has 1 aromatic heterocycles. The summed E-state index contributed by atoms with van der Waals surface area (Å²) in [5, 5.41) is 4.24. The summed E-state index contributed by atoms with van der Waals surface area (Å²) in [6.45, 7) is 5.81. The van der Waals surface area contributed by atoms with Gasteiger partial charge in [-0.2, -0.15) is 0 Å². The van der Waals surface area contributed by atoms with Gasteiger partial charge in [-0.05, 0) is 54.3 Å². The summed E-state index contributed by atoms with van der Waals surface area (Å²) in [7, 11) is 0. The molecular formula is C27H29N2+. The highest BCUT2D eigenvalue weighted by atomic mass is 15.2. The van der Waals surface area contributed by atoms with Crippen molar-refractivity contribution in [2.45, 2.75) is 51.7 Å². The van der Waals surface area contributed by atoms with E-state index >= 15 is 0 Å². The maximum Gasteiger partial charge on any atom is 0.129 e. The number of aromatic nitrogens is 1. The average Bonchev–Trinajstić information content (AvgIpc) is 2.93. The fourth-order valence-electron chi connectivity index (χ4n) is 5.94. The summed E-state index contributed by atoms with van der Waals surface area (Å²) >= 11 is 0. The monoisotopic (exact) mass is 381 g/mol. The van der Waals surface area contributed by atoms with Crippen molar-refractivity contribution in [2.24, 2.45) is 0 Å². The molecule has 3 aromatic carbocycles. The molecule has 1 N–H and O–H groups in total. The van der Waals surface area contributed by atoms with Crippen LogP contribution >= 0.6 is 0 Å². The molecular weight excluding hydrogens is 352 g/mol. The molecule has 2 aliphatic rings. The molecule has 0 fully saturated rings. The molecule has 146 valence electrons.